The summed E-state index contributed by atoms with van der Waals surface area (Å²) in [6.07, 6.45) is 2.00. The number of amides is 1. The van der Waals surface area contributed by atoms with Crippen LogP contribution in [0, 0.1) is 17.0 Å². The summed E-state index contributed by atoms with van der Waals surface area (Å²) in [6.45, 7) is 11.3. The average Bonchev–Trinajstić information content (AvgIpc) is 2.95. The Balaban J connectivity index is 2.36. The van der Waals surface area contributed by atoms with Gasteiger partial charge in [-0.25, -0.2) is 22.0 Å². The van der Waals surface area contributed by atoms with Crippen molar-refractivity contribution >= 4 is 21.7 Å². The van der Waals surface area contributed by atoms with Gasteiger partial charge in [0.2, 0.25) is 5.91 Å². The molecule has 0 aliphatic heterocycles. The normalized spacial score (nSPS) is 14.2. The number of halogens is 2. The zero-order valence-electron chi connectivity index (χ0n) is 27.5. The third-order valence-electron chi connectivity index (χ3n) is 7.61. The van der Waals surface area contributed by atoms with E-state index in [1.807, 2.05) is 32.0 Å². The molecular formula is C34H51F2N3O5S. The van der Waals surface area contributed by atoms with Crippen LogP contribution in [0.25, 0.3) is 0 Å². The summed E-state index contributed by atoms with van der Waals surface area (Å²) in [7, 11) is -3.80. The molecule has 3 atom stereocenters. The Labute approximate surface area is 267 Å². The van der Waals surface area contributed by atoms with Gasteiger partial charge < -0.3 is 21.1 Å². The van der Waals surface area contributed by atoms with Gasteiger partial charge in [0.1, 0.15) is 23.8 Å². The molecule has 2 aromatic rings. The highest BCUT2D eigenvalue weighted by Crippen LogP contribution is 2.20. The molecule has 4 N–H and O–H groups in total. The number of aryl methyl sites for hydroxylation is 1. The number of sulfone groups is 1. The van der Waals surface area contributed by atoms with E-state index in [1.165, 1.54) is 0 Å². The molecule has 0 aliphatic carbocycles. The van der Waals surface area contributed by atoms with Gasteiger partial charge in [0, 0.05) is 30.6 Å². The maximum atomic E-state index is 13.9. The number of nitrogens with one attached hydrogen (secondary N) is 2. The summed E-state index contributed by atoms with van der Waals surface area (Å²) < 4.78 is 60.7. The molecule has 0 saturated heterocycles. The van der Waals surface area contributed by atoms with Crippen LogP contribution in [-0.2, 0) is 43.5 Å². The third-order valence-corrected chi connectivity index (χ3v) is 9.90. The Hall–Kier alpha value is -2.89. The largest absolute Gasteiger partial charge is 0.458 e. The highest BCUT2D eigenvalue weighted by atomic mass is 32.2. The van der Waals surface area contributed by atoms with Crippen LogP contribution < -0.4 is 16.4 Å². The van der Waals surface area contributed by atoms with Crippen molar-refractivity contribution in [1.82, 2.24) is 10.6 Å². The maximum Gasteiger partial charge on any atom is 0.330 e. The first-order valence-electron chi connectivity index (χ1n) is 15.8. The van der Waals surface area contributed by atoms with Crippen molar-refractivity contribution in [1.29, 1.82) is 0 Å². The van der Waals surface area contributed by atoms with Crippen LogP contribution in [0.4, 0.5) is 8.78 Å². The number of carbonyl (C=O) groups is 2. The Morgan fingerprint density at radius 3 is 2.09 bits per heavy atom. The lowest BCUT2D eigenvalue weighted by Gasteiger charge is -2.29. The fourth-order valence-corrected chi connectivity index (χ4v) is 7.17. The number of carbonyl (C=O) groups excluding carboxylic acids is 2. The van der Waals surface area contributed by atoms with E-state index in [9.17, 15) is 26.8 Å². The summed E-state index contributed by atoms with van der Waals surface area (Å²) in [5.74, 6) is -3.59. The van der Waals surface area contributed by atoms with Crippen molar-refractivity contribution in [3.8, 4) is 0 Å². The van der Waals surface area contributed by atoms with Crippen molar-refractivity contribution in [3.05, 3.63) is 70.8 Å². The molecule has 0 heterocycles. The van der Waals surface area contributed by atoms with E-state index < -0.39 is 68.0 Å². The quantitative estimate of drug-likeness (QED) is 0.193. The number of hydrogen-bond donors (Lipinski definition) is 3. The van der Waals surface area contributed by atoms with Crippen LogP contribution in [0.1, 0.15) is 83.9 Å². The van der Waals surface area contributed by atoms with Gasteiger partial charge in [-0.05, 0) is 54.5 Å². The second-order valence-corrected chi connectivity index (χ2v) is 15.1. The fraction of sp³-hybridized carbons (Fsp3) is 0.588. The summed E-state index contributed by atoms with van der Waals surface area (Å²) in [5.41, 5.74) is 8.01. The number of ether oxygens (including phenoxy) is 1. The summed E-state index contributed by atoms with van der Waals surface area (Å²) in [6, 6.07) is 8.67. The van der Waals surface area contributed by atoms with E-state index in [1.54, 1.807) is 20.8 Å². The standard InChI is InChI=1S/C34H51F2N3O5S/c1-7-11-28(12-8-2)45(42,43)22-30(39-33(41)34(4,5)6)32(40)44-31(21-38-20-24-14-10-13-23(9-3)15-24)29(37)18-25-16-26(35)19-27(36)17-25/h10,13-17,19,28-31,38H,7-9,11-12,18,20-22,37H2,1-6H3,(H,39,41)/t29-,30+,31+/m0/s1. The van der Waals surface area contributed by atoms with Gasteiger partial charge >= 0.3 is 5.97 Å². The SMILES string of the molecule is CCCC(CCC)S(=O)(=O)C[C@@H](NC(=O)C(C)(C)C)C(=O)O[C@H](CNCc1cccc(CC)c1)[C@@H](N)Cc1cc(F)cc(F)c1. The second kappa shape index (κ2) is 17.7. The minimum absolute atomic E-state index is 0.0218. The number of rotatable bonds is 18. The molecule has 0 fully saturated rings. The van der Waals surface area contributed by atoms with E-state index in [2.05, 4.69) is 23.6 Å². The molecule has 0 aromatic heterocycles. The van der Waals surface area contributed by atoms with Crippen molar-refractivity contribution in [2.75, 3.05) is 12.3 Å². The van der Waals surface area contributed by atoms with Crippen LogP contribution >= 0.6 is 0 Å². The lowest BCUT2D eigenvalue weighted by molar-refractivity contribution is -0.153. The third kappa shape index (κ3) is 12.8. The van der Waals surface area contributed by atoms with Crippen LogP contribution in [0.15, 0.2) is 42.5 Å². The topological polar surface area (TPSA) is 128 Å². The fourth-order valence-electron chi connectivity index (χ4n) is 5.02. The van der Waals surface area contributed by atoms with Crippen LogP contribution in [-0.4, -0.2) is 56.0 Å². The van der Waals surface area contributed by atoms with Crippen LogP contribution in [0.3, 0.4) is 0 Å². The van der Waals surface area contributed by atoms with Gasteiger partial charge in [-0.3, -0.25) is 4.79 Å². The smallest absolute Gasteiger partial charge is 0.330 e. The molecule has 0 spiro atoms. The molecule has 252 valence electrons. The molecule has 1 amide bonds. The highest BCUT2D eigenvalue weighted by molar-refractivity contribution is 7.92. The van der Waals surface area contributed by atoms with Gasteiger partial charge in [-0.1, -0.05) is 78.6 Å². The highest BCUT2D eigenvalue weighted by Gasteiger charge is 2.37. The molecule has 2 rings (SSSR count). The maximum absolute atomic E-state index is 13.9. The predicted octanol–water partition coefficient (Wildman–Crippen LogP) is 5.01. The minimum atomic E-state index is -3.80. The van der Waals surface area contributed by atoms with Crippen LogP contribution in [0.5, 0.6) is 0 Å². The zero-order valence-corrected chi connectivity index (χ0v) is 28.3. The predicted molar refractivity (Wildman–Crippen MR) is 174 cm³/mol. The molecule has 0 radical (unpaired) electrons. The molecule has 0 unspecified atom stereocenters. The van der Waals surface area contributed by atoms with Crippen LogP contribution in [0.2, 0.25) is 0 Å². The van der Waals surface area contributed by atoms with Gasteiger partial charge in [-0.15, -0.1) is 0 Å². The average molecular weight is 652 g/mol. The van der Waals surface area contributed by atoms with Gasteiger partial charge in [0.15, 0.2) is 9.84 Å². The van der Waals surface area contributed by atoms with E-state index in [0.717, 1.165) is 35.7 Å². The van der Waals surface area contributed by atoms with Crippen molar-refractivity contribution < 1.29 is 31.5 Å². The Morgan fingerprint density at radius 1 is 0.933 bits per heavy atom. The zero-order chi connectivity index (χ0) is 33.8. The van der Waals surface area contributed by atoms with E-state index in [-0.39, 0.29) is 18.5 Å². The van der Waals surface area contributed by atoms with Crippen molar-refractivity contribution in [2.45, 2.75) is 110 Å². The number of nitrogens with two attached hydrogens (primary N) is 1. The first-order valence-corrected chi connectivity index (χ1v) is 17.5. The summed E-state index contributed by atoms with van der Waals surface area (Å²) in [4.78, 5) is 26.7. The Kier molecular flexibility index (Phi) is 15.1. The molecule has 2 aromatic carbocycles. The Morgan fingerprint density at radius 2 is 1.53 bits per heavy atom. The summed E-state index contributed by atoms with van der Waals surface area (Å²) in [5, 5.41) is 5.19. The molecule has 8 nitrogen and oxygen atoms in total. The number of hydrogen-bond acceptors (Lipinski definition) is 7. The molecule has 11 heteroatoms. The molecule has 45 heavy (non-hydrogen) atoms. The molecule has 0 aliphatic rings. The molecule has 0 bridgehead atoms. The Bertz CT molecular complexity index is 1340. The van der Waals surface area contributed by atoms with E-state index in [4.69, 9.17) is 10.5 Å². The van der Waals surface area contributed by atoms with Gasteiger partial charge in [0.05, 0.1) is 11.0 Å². The molecule has 0 saturated carbocycles. The minimum Gasteiger partial charge on any atom is -0.458 e. The van der Waals surface area contributed by atoms with Gasteiger partial charge in [-0.2, -0.15) is 0 Å². The first-order chi connectivity index (χ1) is 21.1. The van der Waals surface area contributed by atoms with Crippen molar-refractivity contribution in [3.63, 3.8) is 0 Å². The lowest BCUT2D eigenvalue weighted by Crippen LogP contribution is -2.54. The van der Waals surface area contributed by atoms with E-state index >= 15 is 0 Å². The number of esters is 1. The summed E-state index contributed by atoms with van der Waals surface area (Å²) >= 11 is 0. The monoisotopic (exact) mass is 651 g/mol. The van der Waals surface area contributed by atoms with E-state index in [0.29, 0.717) is 32.2 Å². The first kappa shape index (κ1) is 38.3. The molecular weight excluding hydrogens is 600 g/mol. The van der Waals surface area contributed by atoms with Gasteiger partial charge in [0.25, 0.3) is 0 Å². The lowest BCUT2D eigenvalue weighted by atomic mass is 9.95. The second-order valence-electron chi connectivity index (χ2n) is 12.7. The van der Waals surface area contributed by atoms with Crippen molar-refractivity contribution in [2.24, 2.45) is 11.1 Å². The number of benzene rings is 2.